The fraction of sp³-hybridized carbons (Fsp3) is 0.357. The molecule has 0 N–H and O–H groups in total. The predicted molar refractivity (Wildman–Crippen MR) is 75.2 cm³/mol. The number of nitrogens with zero attached hydrogens (tertiary/aromatic N) is 1. The van der Waals surface area contributed by atoms with Gasteiger partial charge >= 0.3 is 5.97 Å². The molecule has 0 bridgehead atoms. The molecule has 1 saturated heterocycles. The minimum absolute atomic E-state index is 0.0505. The Labute approximate surface area is 125 Å². The Balaban J connectivity index is 2.08. The van der Waals surface area contributed by atoms with Crippen LogP contribution in [0.15, 0.2) is 28.7 Å². The molecule has 2 rings (SSSR count). The van der Waals surface area contributed by atoms with Crippen molar-refractivity contribution >= 4 is 33.6 Å². The van der Waals surface area contributed by atoms with E-state index in [0.717, 1.165) is 4.47 Å². The van der Waals surface area contributed by atoms with Crippen molar-refractivity contribution in [3.05, 3.63) is 34.3 Å². The summed E-state index contributed by atoms with van der Waals surface area (Å²) in [6.45, 7) is 0.321. The molecule has 1 aromatic rings. The van der Waals surface area contributed by atoms with Crippen molar-refractivity contribution in [3.63, 3.8) is 0 Å². The number of Topliss-reactive ketones (excluding diaryl/α,β-unsaturated/α-hetero) is 1. The molecule has 1 aliphatic heterocycles. The molecule has 1 atom stereocenters. The molecule has 0 spiro atoms. The zero-order valence-electron chi connectivity index (χ0n) is 11.0. The van der Waals surface area contributed by atoms with Crippen LogP contribution in [0.4, 0.5) is 0 Å². The van der Waals surface area contributed by atoms with Gasteiger partial charge in [-0.3, -0.25) is 14.4 Å². The molecule has 1 unspecified atom stereocenters. The third kappa shape index (κ3) is 3.07. The monoisotopic (exact) mass is 339 g/mol. The van der Waals surface area contributed by atoms with Crippen LogP contribution in [0, 0.1) is 5.92 Å². The molecule has 1 aromatic carbocycles. The lowest BCUT2D eigenvalue weighted by atomic mass is 9.95. The number of likely N-dealkylation sites (tertiary alicyclic amines) is 1. The normalized spacial score (nSPS) is 18.8. The van der Waals surface area contributed by atoms with Crippen LogP contribution in [-0.2, 0) is 14.3 Å². The van der Waals surface area contributed by atoms with Gasteiger partial charge in [-0.1, -0.05) is 22.0 Å². The number of hydrogen-bond donors (Lipinski definition) is 0. The van der Waals surface area contributed by atoms with Crippen molar-refractivity contribution in [1.82, 2.24) is 4.90 Å². The first-order chi connectivity index (χ1) is 9.52. The molecule has 1 fully saturated rings. The molecular formula is C14H14BrNO4. The smallest absolute Gasteiger partial charge is 0.316 e. The predicted octanol–water partition coefficient (Wildman–Crippen LogP) is 1.65. The maximum absolute atomic E-state index is 12.3. The first-order valence-electron chi connectivity index (χ1n) is 6.18. The molecule has 5 nitrogen and oxygen atoms in total. The number of hydrogen-bond acceptors (Lipinski definition) is 4. The largest absolute Gasteiger partial charge is 0.468 e. The summed E-state index contributed by atoms with van der Waals surface area (Å²) in [4.78, 5) is 37.1. The first kappa shape index (κ1) is 14.7. The molecule has 1 heterocycles. The number of esters is 1. The molecule has 0 aliphatic carbocycles. The zero-order chi connectivity index (χ0) is 14.7. The van der Waals surface area contributed by atoms with Gasteiger partial charge in [0.1, 0.15) is 5.92 Å². The fourth-order valence-electron chi connectivity index (χ4n) is 2.19. The summed E-state index contributed by atoms with van der Waals surface area (Å²) in [7, 11) is 1.26. The number of amides is 1. The van der Waals surface area contributed by atoms with Gasteiger partial charge in [0.2, 0.25) is 0 Å². The second kappa shape index (κ2) is 6.17. The van der Waals surface area contributed by atoms with E-state index in [1.165, 1.54) is 12.0 Å². The lowest BCUT2D eigenvalue weighted by Gasteiger charge is -2.29. The molecule has 0 radical (unpaired) electrons. The van der Waals surface area contributed by atoms with Crippen LogP contribution in [0.2, 0.25) is 0 Å². The van der Waals surface area contributed by atoms with Gasteiger partial charge in [0.25, 0.3) is 5.91 Å². The zero-order valence-corrected chi connectivity index (χ0v) is 12.6. The van der Waals surface area contributed by atoms with Gasteiger partial charge in [-0.2, -0.15) is 0 Å². The van der Waals surface area contributed by atoms with Gasteiger partial charge in [0.05, 0.1) is 13.7 Å². The highest BCUT2D eigenvalue weighted by Gasteiger charge is 2.35. The molecule has 0 aromatic heterocycles. The number of methoxy groups -OCH3 is 1. The van der Waals surface area contributed by atoms with Crippen LogP contribution in [-0.4, -0.2) is 42.8 Å². The third-order valence-electron chi connectivity index (χ3n) is 3.27. The summed E-state index contributed by atoms with van der Waals surface area (Å²) < 4.78 is 5.39. The van der Waals surface area contributed by atoms with Crippen LogP contribution in [0.25, 0.3) is 0 Å². The SMILES string of the molecule is COC(=O)C1CCN(C(=O)c2cccc(Br)c2)CC1=O. The summed E-state index contributed by atoms with van der Waals surface area (Å²) in [5, 5.41) is 0. The summed E-state index contributed by atoms with van der Waals surface area (Å²) >= 11 is 3.31. The molecule has 1 aliphatic rings. The molecule has 106 valence electrons. The summed E-state index contributed by atoms with van der Waals surface area (Å²) in [6, 6.07) is 6.99. The van der Waals surface area contributed by atoms with E-state index in [0.29, 0.717) is 18.5 Å². The van der Waals surface area contributed by atoms with Gasteiger partial charge in [0, 0.05) is 16.6 Å². The number of ketones is 1. The topological polar surface area (TPSA) is 63.7 Å². The Hall–Kier alpha value is -1.69. The molecule has 20 heavy (non-hydrogen) atoms. The minimum atomic E-state index is -0.744. The van der Waals surface area contributed by atoms with Crippen LogP contribution < -0.4 is 0 Å². The van der Waals surface area contributed by atoms with Crippen molar-refractivity contribution in [2.24, 2.45) is 5.92 Å². The standard InChI is InChI=1S/C14H14BrNO4/c1-20-14(19)11-5-6-16(8-12(11)17)13(18)9-3-2-4-10(15)7-9/h2-4,7,11H,5-6,8H2,1H3. The highest BCUT2D eigenvalue weighted by atomic mass is 79.9. The fourth-order valence-corrected chi connectivity index (χ4v) is 2.59. The van der Waals surface area contributed by atoms with E-state index in [2.05, 4.69) is 20.7 Å². The van der Waals surface area contributed by atoms with E-state index in [1.807, 2.05) is 6.07 Å². The number of benzene rings is 1. The minimum Gasteiger partial charge on any atom is -0.468 e. The van der Waals surface area contributed by atoms with E-state index in [-0.39, 0.29) is 18.2 Å². The number of ether oxygens (including phenoxy) is 1. The summed E-state index contributed by atoms with van der Waals surface area (Å²) in [5.41, 5.74) is 0.517. The molecule has 6 heteroatoms. The van der Waals surface area contributed by atoms with Gasteiger partial charge in [-0.25, -0.2) is 0 Å². The van der Waals surface area contributed by atoms with E-state index in [9.17, 15) is 14.4 Å². The van der Waals surface area contributed by atoms with Crippen molar-refractivity contribution in [1.29, 1.82) is 0 Å². The quantitative estimate of drug-likeness (QED) is 0.607. The number of carbonyl (C=O) groups is 3. The van der Waals surface area contributed by atoms with Crippen molar-refractivity contribution in [3.8, 4) is 0 Å². The maximum atomic E-state index is 12.3. The number of rotatable bonds is 2. The molecular weight excluding hydrogens is 326 g/mol. The van der Waals surface area contributed by atoms with Crippen LogP contribution in [0.3, 0.4) is 0 Å². The Morgan fingerprint density at radius 1 is 1.40 bits per heavy atom. The van der Waals surface area contributed by atoms with Crippen LogP contribution in [0.5, 0.6) is 0 Å². The Kier molecular flexibility index (Phi) is 4.54. The maximum Gasteiger partial charge on any atom is 0.316 e. The Morgan fingerprint density at radius 2 is 2.15 bits per heavy atom. The number of piperidine rings is 1. The Bertz CT molecular complexity index is 558. The van der Waals surface area contributed by atoms with Crippen molar-refractivity contribution < 1.29 is 19.1 Å². The lowest BCUT2D eigenvalue weighted by Crippen LogP contribution is -2.46. The van der Waals surface area contributed by atoms with Crippen molar-refractivity contribution in [2.45, 2.75) is 6.42 Å². The molecule has 1 amide bonds. The summed E-state index contributed by atoms with van der Waals surface area (Å²) in [6.07, 6.45) is 0.311. The third-order valence-corrected chi connectivity index (χ3v) is 3.76. The lowest BCUT2D eigenvalue weighted by molar-refractivity contribution is -0.151. The number of halogens is 1. The van der Waals surface area contributed by atoms with Gasteiger partial charge in [-0.15, -0.1) is 0 Å². The van der Waals surface area contributed by atoms with Crippen LogP contribution in [0.1, 0.15) is 16.8 Å². The van der Waals surface area contributed by atoms with E-state index < -0.39 is 11.9 Å². The van der Waals surface area contributed by atoms with E-state index >= 15 is 0 Å². The molecule has 0 saturated carbocycles. The van der Waals surface area contributed by atoms with E-state index in [1.54, 1.807) is 18.2 Å². The van der Waals surface area contributed by atoms with Gasteiger partial charge in [0.15, 0.2) is 5.78 Å². The van der Waals surface area contributed by atoms with E-state index in [4.69, 9.17) is 0 Å². The first-order valence-corrected chi connectivity index (χ1v) is 6.97. The second-order valence-electron chi connectivity index (χ2n) is 4.57. The van der Waals surface area contributed by atoms with Crippen molar-refractivity contribution in [2.75, 3.05) is 20.2 Å². The van der Waals surface area contributed by atoms with Gasteiger partial charge in [-0.05, 0) is 24.6 Å². The van der Waals surface area contributed by atoms with Crippen LogP contribution >= 0.6 is 15.9 Å². The number of carbonyl (C=O) groups excluding carboxylic acids is 3. The highest BCUT2D eigenvalue weighted by molar-refractivity contribution is 9.10. The summed E-state index contributed by atoms with van der Waals surface area (Å²) in [5.74, 6) is -1.74. The highest BCUT2D eigenvalue weighted by Crippen LogP contribution is 2.19. The Morgan fingerprint density at radius 3 is 2.75 bits per heavy atom. The second-order valence-corrected chi connectivity index (χ2v) is 5.48. The average Bonchev–Trinajstić information content (AvgIpc) is 2.45. The van der Waals surface area contributed by atoms with Gasteiger partial charge < -0.3 is 9.64 Å². The average molecular weight is 340 g/mol.